The van der Waals surface area contributed by atoms with Gasteiger partial charge in [0.1, 0.15) is 18.3 Å². The minimum absolute atomic E-state index is 0.107. The van der Waals surface area contributed by atoms with E-state index in [4.69, 9.17) is 4.74 Å². The summed E-state index contributed by atoms with van der Waals surface area (Å²) in [6.45, 7) is 2.39. The molecule has 0 radical (unpaired) electrons. The van der Waals surface area contributed by atoms with Crippen LogP contribution < -0.4 is 10.1 Å². The van der Waals surface area contributed by atoms with Crippen molar-refractivity contribution in [3.63, 3.8) is 0 Å². The molecule has 2 heterocycles. The lowest BCUT2D eigenvalue weighted by Gasteiger charge is -2.08. The summed E-state index contributed by atoms with van der Waals surface area (Å²) in [5.41, 5.74) is 1.88. The Balaban J connectivity index is 1.79. The van der Waals surface area contributed by atoms with Gasteiger partial charge in [0.05, 0.1) is 10.2 Å². The van der Waals surface area contributed by atoms with Gasteiger partial charge in [0, 0.05) is 5.56 Å². The molecule has 1 amide bonds. The van der Waals surface area contributed by atoms with Crippen LogP contribution in [0.3, 0.4) is 0 Å². The number of halogens is 1. The summed E-state index contributed by atoms with van der Waals surface area (Å²) < 4.78 is 6.33. The molecule has 1 atom stereocenters. The van der Waals surface area contributed by atoms with Crippen molar-refractivity contribution in [2.45, 2.75) is 19.3 Å². The Morgan fingerprint density at radius 3 is 3.10 bits per heavy atom. The third-order valence-electron chi connectivity index (χ3n) is 3.39. The van der Waals surface area contributed by atoms with Crippen LogP contribution in [0.15, 0.2) is 28.7 Å². The van der Waals surface area contributed by atoms with Gasteiger partial charge in [-0.25, -0.2) is 0 Å². The second-order valence-corrected chi connectivity index (χ2v) is 5.40. The Bertz CT molecular complexity index is 654. The summed E-state index contributed by atoms with van der Waals surface area (Å²) in [6, 6.07) is 7.61. The smallest absolute Gasteiger partial charge is 0.236 e. The molecule has 104 valence electrons. The number of hydrogen-bond acceptors (Lipinski definition) is 3. The number of rotatable bonds is 3. The number of fused-ring (bicyclic) bond motifs is 1. The normalized spacial score (nSPS) is 16.6. The molecule has 1 aromatic heterocycles. The van der Waals surface area contributed by atoms with Gasteiger partial charge in [-0.2, -0.15) is 5.10 Å². The third-order valence-corrected chi connectivity index (χ3v) is 4.24. The molecule has 1 aromatic carbocycles. The van der Waals surface area contributed by atoms with Crippen molar-refractivity contribution in [2.24, 2.45) is 0 Å². The maximum absolute atomic E-state index is 12.4. The summed E-state index contributed by atoms with van der Waals surface area (Å²) in [5, 5.41) is 9.84. The fourth-order valence-electron chi connectivity index (χ4n) is 2.27. The molecule has 1 aliphatic rings. The lowest BCUT2D eigenvalue weighted by Crippen LogP contribution is -2.22. The van der Waals surface area contributed by atoms with Gasteiger partial charge in [0.15, 0.2) is 5.82 Å². The van der Waals surface area contributed by atoms with Crippen LogP contribution >= 0.6 is 15.9 Å². The zero-order chi connectivity index (χ0) is 14.1. The summed E-state index contributed by atoms with van der Waals surface area (Å²) in [5.74, 6) is 0.906. The Labute approximate surface area is 124 Å². The Hall–Kier alpha value is -1.82. The van der Waals surface area contributed by atoms with Crippen LogP contribution in [0.4, 0.5) is 5.82 Å². The third kappa shape index (κ3) is 2.20. The highest BCUT2D eigenvalue weighted by Crippen LogP contribution is 2.34. The van der Waals surface area contributed by atoms with Gasteiger partial charge in [0.2, 0.25) is 5.91 Å². The van der Waals surface area contributed by atoms with E-state index in [1.54, 1.807) is 0 Å². The molecule has 0 bridgehead atoms. The van der Waals surface area contributed by atoms with Crippen molar-refractivity contribution in [2.75, 3.05) is 11.9 Å². The van der Waals surface area contributed by atoms with E-state index in [9.17, 15) is 4.79 Å². The number of anilines is 1. The molecule has 0 spiro atoms. The van der Waals surface area contributed by atoms with Crippen LogP contribution in [0.5, 0.6) is 5.75 Å². The molecule has 0 saturated carbocycles. The van der Waals surface area contributed by atoms with Crippen molar-refractivity contribution in [3.8, 4) is 5.75 Å². The first-order valence-corrected chi connectivity index (χ1v) is 7.25. The first-order valence-electron chi connectivity index (χ1n) is 6.46. The maximum atomic E-state index is 12.4. The van der Waals surface area contributed by atoms with Crippen molar-refractivity contribution in [3.05, 3.63) is 40.0 Å². The topological polar surface area (TPSA) is 67.0 Å². The highest BCUT2D eigenvalue weighted by Gasteiger charge is 2.30. The molecule has 2 N–H and O–H groups in total. The van der Waals surface area contributed by atoms with Gasteiger partial charge in [-0.15, -0.1) is 0 Å². The molecule has 6 heteroatoms. The number of nitrogens with one attached hydrogen (secondary N) is 2. The van der Waals surface area contributed by atoms with Crippen LogP contribution in [0.25, 0.3) is 0 Å². The Kier molecular flexibility index (Phi) is 3.48. The van der Waals surface area contributed by atoms with Gasteiger partial charge >= 0.3 is 0 Å². The number of nitrogens with zero attached hydrogens (tertiary/aromatic N) is 1. The molecule has 0 unspecified atom stereocenters. The number of carbonyl (C=O) groups excluding carboxylic acids is 1. The van der Waals surface area contributed by atoms with E-state index >= 15 is 0 Å². The minimum Gasteiger partial charge on any atom is -0.492 e. The van der Waals surface area contributed by atoms with Gasteiger partial charge in [-0.05, 0) is 28.4 Å². The van der Waals surface area contributed by atoms with Gasteiger partial charge in [0.25, 0.3) is 0 Å². The summed E-state index contributed by atoms with van der Waals surface area (Å²) in [6.07, 6.45) is 0.818. The fraction of sp³-hybridized carbons (Fsp3) is 0.286. The predicted octanol–water partition coefficient (Wildman–Crippen LogP) is 2.85. The molecule has 0 aliphatic carbocycles. The molecule has 5 nitrogen and oxygen atoms in total. The molecule has 1 aliphatic heterocycles. The van der Waals surface area contributed by atoms with Gasteiger partial charge in [-0.3, -0.25) is 9.89 Å². The number of hydrogen-bond donors (Lipinski definition) is 2. The Morgan fingerprint density at radius 1 is 1.55 bits per heavy atom. The zero-order valence-corrected chi connectivity index (χ0v) is 12.5. The van der Waals surface area contributed by atoms with Crippen LogP contribution in [-0.2, 0) is 11.2 Å². The van der Waals surface area contributed by atoms with Gasteiger partial charge in [-0.1, -0.05) is 25.1 Å². The second kappa shape index (κ2) is 5.28. The van der Waals surface area contributed by atoms with E-state index in [1.165, 1.54) is 0 Å². The maximum Gasteiger partial charge on any atom is 0.236 e. The van der Waals surface area contributed by atoms with Crippen LogP contribution in [0.2, 0.25) is 0 Å². The zero-order valence-electron chi connectivity index (χ0n) is 10.9. The average molecular weight is 336 g/mol. The van der Waals surface area contributed by atoms with Crippen molar-refractivity contribution >= 4 is 27.7 Å². The quantitative estimate of drug-likeness (QED) is 0.906. The van der Waals surface area contributed by atoms with E-state index < -0.39 is 0 Å². The number of para-hydroxylation sites is 1. The SMILES string of the molecule is CCc1[nH]nc(NC(=O)[C@H]2COc3ccccc32)c1Br. The van der Waals surface area contributed by atoms with E-state index in [0.717, 1.165) is 27.9 Å². The number of ether oxygens (including phenoxy) is 1. The minimum atomic E-state index is -0.292. The van der Waals surface area contributed by atoms with Crippen LogP contribution in [0.1, 0.15) is 24.1 Å². The number of aromatic nitrogens is 2. The van der Waals surface area contributed by atoms with E-state index in [-0.39, 0.29) is 11.8 Å². The summed E-state index contributed by atoms with van der Waals surface area (Å²) >= 11 is 3.44. The number of aromatic amines is 1. The van der Waals surface area contributed by atoms with E-state index in [1.807, 2.05) is 31.2 Å². The first-order chi connectivity index (χ1) is 9.70. The number of aryl methyl sites for hydroxylation is 1. The van der Waals surface area contributed by atoms with Crippen LogP contribution in [0, 0.1) is 0 Å². The fourth-order valence-corrected chi connectivity index (χ4v) is 2.82. The molecular formula is C14H14BrN3O2. The largest absolute Gasteiger partial charge is 0.492 e. The van der Waals surface area contributed by atoms with E-state index in [2.05, 4.69) is 31.4 Å². The number of benzene rings is 1. The van der Waals surface area contributed by atoms with Crippen LogP contribution in [-0.4, -0.2) is 22.7 Å². The highest BCUT2D eigenvalue weighted by atomic mass is 79.9. The number of amides is 1. The summed E-state index contributed by atoms with van der Waals surface area (Å²) in [4.78, 5) is 12.4. The molecule has 20 heavy (non-hydrogen) atoms. The first kappa shape index (κ1) is 13.2. The monoisotopic (exact) mass is 335 g/mol. The van der Waals surface area contributed by atoms with E-state index in [0.29, 0.717) is 12.4 Å². The average Bonchev–Trinajstić information content (AvgIpc) is 3.03. The highest BCUT2D eigenvalue weighted by molar-refractivity contribution is 9.10. The molecule has 2 aromatic rings. The molecule has 0 saturated heterocycles. The molecule has 3 rings (SSSR count). The van der Waals surface area contributed by atoms with Crippen molar-refractivity contribution < 1.29 is 9.53 Å². The standard InChI is InChI=1S/C14H14BrN3O2/c1-2-10-12(15)13(18-17-10)16-14(19)9-7-20-11-6-4-3-5-8(9)11/h3-6,9H,2,7H2,1H3,(H2,16,17,18,19)/t9-/m0/s1. The van der Waals surface area contributed by atoms with Gasteiger partial charge < -0.3 is 10.1 Å². The number of carbonyl (C=O) groups is 1. The lowest BCUT2D eigenvalue weighted by molar-refractivity contribution is -0.117. The molecular weight excluding hydrogens is 322 g/mol. The second-order valence-electron chi connectivity index (χ2n) is 4.61. The van der Waals surface area contributed by atoms with Crippen molar-refractivity contribution in [1.82, 2.24) is 10.2 Å². The molecule has 0 fully saturated rings. The Morgan fingerprint density at radius 2 is 2.35 bits per heavy atom. The number of H-pyrrole nitrogens is 1. The summed E-state index contributed by atoms with van der Waals surface area (Å²) in [7, 11) is 0. The lowest BCUT2D eigenvalue weighted by atomic mass is 10.0. The predicted molar refractivity (Wildman–Crippen MR) is 79.0 cm³/mol. The van der Waals surface area contributed by atoms with Crippen molar-refractivity contribution in [1.29, 1.82) is 0 Å².